The van der Waals surface area contributed by atoms with E-state index >= 15 is 0 Å². The first-order valence-corrected chi connectivity index (χ1v) is 23.6. The van der Waals surface area contributed by atoms with Gasteiger partial charge in [0.25, 0.3) is 0 Å². The normalized spacial score (nSPS) is 18.3. The Balaban J connectivity index is 0.654. The van der Waals surface area contributed by atoms with E-state index in [0.717, 1.165) is 52.4 Å². The van der Waals surface area contributed by atoms with Gasteiger partial charge < -0.3 is 19.7 Å². The maximum absolute atomic E-state index is 13.5. The van der Waals surface area contributed by atoms with Crippen LogP contribution in [0.5, 0.6) is 11.5 Å². The number of aliphatic hydroxyl groups excluding tert-OH is 2. The number of β-amino-alcohol motifs (C(OH)–C–C–N with tert-alkyl or cyclic N) is 2. The van der Waals surface area contributed by atoms with E-state index in [1.807, 2.05) is 0 Å². The number of fused-ring (bicyclic) bond motifs is 6. The zero-order valence-corrected chi connectivity index (χ0v) is 36.2. The Labute approximate surface area is 370 Å². The van der Waals surface area contributed by atoms with E-state index in [1.54, 1.807) is 24.3 Å². The number of nitrogens with zero attached hydrogens (tertiary/aromatic N) is 4. The number of hydrogen-bond acceptors (Lipinski definition) is 10. The molecule has 2 heterocycles. The van der Waals surface area contributed by atoms with E-state index < -0.39 is 22.0 Å². The molecular weight excluding hydrogens is 809 g/mol. The van der Waals surface area contributed by atoms with Crippen LogP contribution in [-0.4, -0.2) is 129 Å². The van der Waals surface area contributed by atoms with Gasteiger partial charge in [-0.25, -0.2) is 8.42 Å². The number of benzene rings is 6. The topological polar surface area (TPSA) is 106 Å². The van der Waals surface area contributed by atoms with Crippen LogP contribution in [0.15, 0.2) is 155 Å². The molecule has 4 aliphatic rings. The summed E-state index contributed by atoms with van der Waals surface area (Å²) in [5, 5.41) is 21.8. The zero-order valence-electron chi connectivity index (χ0n) is 35.4. The third-order valence-corrected chi connectivity index (χ3v) is 15.0. The third-order valence-electron chi connectivity index (χ3n) is 13.2. The van der Waals surface area contributed by atoms with E-state index in [1.165, 1.54) is 68.8 Å². The van der Waals surface area contributed by atoms with Crippen molar-refractivity contribution in [3.63, 3.8) is 0 Å². The number of ether oxygens (including phenoxy) is 2. The minimum Gasteiger partial charge on any atom is -0.491 e. The summed E-state index contributed by atoms with van der Waals surface area (Å²) in [5.74, 6) is 0.983. The van der Waals surface area contributed by atoms with Crippen molar-refractivity contribution < 1.29 is 28.1 Å². The molecule has 2 aliphatic carbocycles. The Morgan fingerprint density at radius 1 is 0.444 bits per heavy atom. The first kappa shape index (κ1) is 41.6. The summed E-state index contributed by atoms with van der Waals surface area (Å²) in [6.45, 7) is 8.24. The SMILES string of the molecule is O=S(=O)(c1ccc(OC[C@H](O)CN2CCN(C3c4ccccc4-c4ccccc43)CC2)cc1)c1ccc(OC[C@H](O)CN2CCN(C3c4ccccc4-c4ccccc43)CC2)cc1. The molecule has 0 aromatic heterocycles. The molecule has 0 saturated carbocycles. The van der Waals surface area contributed by atoms with Crippen LogP contribution in [0, 0.1) is 0 Å². The standard InChI is InChI=1S/C52H54N4O6S/c57-37(33-53-25-29-55(30-26-53)51-47-13-5-1-9-43(47)44-10-2-6-14-48(44)51)35-61-39-17-21-41(22-18-39)63(59,60)42-23-19-40(20-24-42)62-36-38(58)34-54-27-31-56(32-28-54)52-49-15-7-3-11-45(49)46-12-4-8-16-50(46)52/h1-24,37-38,51-52,57-58H,25-36H2/t37-,38-/m1/s1. The second-order valence-corrected chi connectivity index (χ2v) is 19.2. The molecule has 2 saturated heterocycles. The molecule has 0 radical (unpaired) electrons. The van der Waals surface area contributed by atoms with Crippen LogP contribution in [0.25, 0.3) is 22.3 Å². The van der Waals surface area contributed by atoms with Crippen molar-refractivity contribution in [1.82, 2.24) is 19.6 Å². The quantitative estimate of drug-likeness (QED) is 0.122. The van der Waals surface area contributed by atoms with Gasteiger partial charge in [0, 0.05) is 65.4 Å². The largest absolute Gasteiger partial charge is 0.491 e. The number of rotatable bonds is 14. The van der Waals surface area contributed by atoms with Crippen LogP contribution in [0.4, 0.5) is 0 Å². The Bertz CT molecular complexity index is 2380. The van der Waals surface area contributed by atoms with Gasteiger partial charge in [0.2, 0.25) is 9.84 Å². The number of piperazine rings is 2. The fourth-order valence-corrected chi connectivity index (χ4v) is 11.4. The van der Waals surface area contributed by atoms with Crippen molar-refractivity contribution in [2.24, 2.45) is 0 Å². The van der Waals surface area contributed by atoms with Gasteiger partial charge in [-0.1, -0.05) is 97.1 Å². The van der Waals surface area contributed by atoms with Gasteiger partial charge in [-0.05, 0) is 93.0 Å². The van der Waals surface area contributed by atoms with Crippen molar-refractivity contribution in [2.75, 3.05) is 78.7 Å². The van der Waals surface area contributed by atoms with E-state index in [9.17, 15) is 18.6 Å². The minimum absolute atomic E-state index is 0.105. The van der Waals surface area contributed by atoms with Gasteiger partial charge in [-0.3, -0.25) is 19.6 Å². The van der Waals surface area contributed by atoms with Crippen molar-refractivity contribution in [1.29, 1.82) is 0 Å². The molecule has 6 aromatic carbocycles. The summed E-state index contributed by atoms with van der Waals surface area (Å²) in [5.41, 5.74) is 10.7. The van der Waals surface area contributed by atoms with Crippen LogP contribution in [-0.2, 0) is 9.84 Å². The summed E-state index contributed by atoms with van der Waals surface area (Å²) in [4.78, 5) is 9.95. The second kappa shape index (κ2) is 18.0. The summed E-state index contributed by atoms with van der Waals surface area (Å²) in [7, 11) is -3.79. The van der Waals surface area contributed by atoms with Crippen LogP contribution in [0.2, 0.25) is 0 Å². The molecule has 2 atom stereocenters. The fraction of sp³-hybridized carbons (Fsp3) is 0.308. The van der Waals surface area contributed by atoms with E-state index in [0.29, 0.717) is 24.6 Å². The number of sulfone groups is 1. The van der Waals surface area contributed by atoms with Crippen molar-refractivity contribution in [2.45, 2.75) is 34.1 Å². The van der Waals surface area contributed by atoms with Gasteiger partial charge in [-0.2, -0.15) is 0 Å². The Morgan fingerprint density at radius 3 is 1.06 bits per heavy atom. The predicted octanol–water partition coefficient (Wildman–Crippen LogP) is 6.77. The molecule has 324 valence electrons. The molecule has 0 amide bonds. The monoisotopic (exact) mass is 862 g/mol. The van der Waals surface area contributed by atoms with Gasteiger partial charge in [0.1, 0.15) is 36.9 Å². The molecule has 0 unspecified atom stereocenters. The lowest BCUT2D eigenvalue weighted by atomic mass is 10.0. The predicted molar refractivity (Wildman–Crippen MR) is 245 cm³/mol. The second-order valence-electron chi connectivity index (χ2n) is 17.2. The van der Waals surface area contributed by atoms with E-state index in [-0.39, 0.29) is 35.1 Å². The zero-order chi connectivity index (χ0) is 42.9. The van der Waals surface area contributed by atoms with Gasteiger partial charge in [-0.15, -0.1) is 0 Å². The lowest BCUT2D eigenvalue weighted by Gasteiger charge is -2.39. The highest BCUT2D eigenvalue weighted by Crippen LogP contribution is 2.47. The van der Waals surface area contributed by atoms with Crippen LogP contribution in [0.3, 0.4) is 0 Å². The molecule has 0 spiro atoms. The molecular formula is C52H54N4O6S. The molecule has 2 aliphatic heterocycles. The molecule has 2 fully saturated rings. The maximum atomic E-state index is 13.5. The summed E-state index contributed by atoms with van der Waals surface area (Å²) in [6.07, 6.45) is -1.38. The lowest BCUT2D eigenvalue weighted by molar-refractivity contribution is 0.0404. The van der Waals surface area contributed by atoms with Gasteiger partial charge >= 0.3 is 0 Å². The van der Waals surface area contributed by atoms with E-state index in [2.05, 4.69) is 117 Å². The first-order chi connectivity index (χ1) is 30.8. The first-order valence-electron chi connectivity index (χ1n) is 22.2. The summed E-state index contributed by atoms with van der Waals surface area (Å²) >= 11 is 0. The molecule has 10 nitrogen and oxygen atoms in total. The lowest BCUT2D eigenvalue weighted by Crippen LogP contribution is -2.50. The molecule has 63 heavy (non-hydrogen) atoms. The Morgan fingerprint density at radius 2 is 0.746 bits per heavy atom. The van der Waals surface area contributed by atoms with Crippen molar-refractivity contribution in [3.05, 3.63) is 168 Å². The molecule has 6 aromatic rings. The van der Waals surface area contributed by atoms with Gasteiger partial charge in [0.05, 0.1) is 21.9 Å². The van der Waals surface area contributed by atoms with Crippen LogP contribution < -0.4 is 9.47 Å². The average Bonchev–Trinajstić information content (AvgIpc) is 3.84. The average molecular weight is 863 g/mol. The highest BCUT2D eigenvalue weighted by atomic mass is 32.2. The maximum Gasteiger partial charge on any atom is 0.206 e. The van der Waals surface area contributed by atoms with Crippen LogP contribution >= 0.6 is 0 Å². The molecule has 11 heteroatoms. The minimum atomic E-state index is -3.79. The smallest absolute Gasteiger partial charge is 0.206 e. The van der Waals surface area contributed by atoms with Gasteiger partial charge in [0.15, 0.2) is 0 Å². The third kappa shape index (κ3) is 8.55. The highest BCUT2D eigenvalue weighted by molar-refractivity contribution is 7.91. The molecule has 0 bridgehead atoms. The Kier molecular flexibility index (Phi) is 11.9. The van der Waals surface area contributed by atoms with Crippen molar-refractivity contribution >= 4 is 9.84 Å². The van der Waals surface area contributed by atoms with Crippen LogP contribution in [0.1, 0.15) is 34.3 Å². The van der Waals surface area contributed by atoms with Crippen molar-refractivity contribution in [3.8, 4) is 33.8 Å². The summed E-state index contributed by atoms with van der Waals surface area (Å²) in [6, 6.07) is 47.9. The Hall–Kier alpha value is -5.37. The molecule has 2 N–H and O–H groups in total. The highest BCUT2D eigenvalue weighted by Gasteiger charge is 2.36. The number of hydrogen-bond donors (Lipinski definition) is 2. The van der Waals surface area contributed by atoms with E-state index in [4.69, 9.17) is 9.47 Å². The molecule has 10 rings (SSSR count). The summed E-state index contributed by atoms with van der Waals surface area (Å²) < 4.78 is 38.8. The number of aliphatic hydroxyl groups is 2. The fourth-order valence-electron chi connectivity index (χ4n) is 10.1.